The van der Waals surface area contributed by atoms with Gasteiger partial charge in [-0.1, -0.05) is 11.6 Å². The number of ether oxygens (including phenoxy) is 2. The van der Waals surface area contributed by atoms with Crippen LogP contribution >= 0.6 is 7.60 Å². The maximum absolute atomic E-state index is 12.4. The van der Waals surface area contributed by atoms with Gasteiger partial charge in [0.2, 0.25) is 0 Å². The van der Waals surface area contributed by atoms with Gasteiger partial charge < -0.3 is 23.6 Å². The first-order valence-corrected chi connectivity index (χ1v) is 14.1. The number of phenols is 1. The van der Waals surface area contributed by atoms with Crippen LogP contribution in [0.3, 0.4) is 0 Å². The number of hydrogen-bond donors (Lipinski definition) is 3. The van der Waals surface area contributed by atoms with Crippen LogP contribution in [0.2, 0.25) is 0 Å². The minimum Gasteiger partial charge on any atom is -0.507 e. The molecule has 13 heteroatoms. The Hall–Kier alpha value is -1.95. The van der Waals surface area contributed by atoms with E-state index in [0.29, 0.717) is 28.0 Å². The number of allylic oxidation sites excluding steroid dienone is 1. The summed E-state index contributed by atoms with van der Waals surface area (Å²) >= 11 is 0. The maximum Gasteiger partial charge on any atom is 0.342 e. The zero-order valence-corrected chi connectivity index (χ0v) is 21.8. The van der Waals surface area contributed by atoms with E-state index in [-0.39, 0.29) is 56.8 Å². The van der Waals surface area contributed by atoms with E-state index in [9.17, 15) is 22.9 Å². The van der Waals surface area contributed by atoms with Crippen LogP contribution < -0.4 is 14.2 Å². The molecule has 0 amide bonds. The minimum absolute atomic E-state index is 0.00104. The Labute approximate surface area is 200 Å². The molecule has 1 aromatic carbocycles. The first-order chi connectivity index (χ1) is 16.0. The molecule has 0 bridgehead atoms. The zero-order chi connectivity index (χ0) is 25.5. The van der Waals surface area contributed by atoms with Crippen molar-refractivity contribution in [3.05, 3.63) is 33.9 Å². The highest BCUT2D eigenvalue weighted by molar-refractivity contribution is 7.87. The Morgan fingerprint density at radius 3 is 2.47 bits per heavy atom. The first-order valence-electron chi connectivity index (χ1n) is 10.8. The molecule has 0 fully saturated rings. The number of esters is 1. The van der Waals surface area contributed by atoms with Crippen LogP contribution in [0.1, 0.15) is 47.8 Å². The summed E-state index contributed by atoms with van der Waals surface area (Å²) < 4.78 is 62.4. The Kier molecular flexibility index (Phi) is 10.1. The third-order valence-corrected chi connectivity index (χ3v) is 8.36. The van der Waals surface area contributed by atoms with Gasteiger partial charge >= 0.3 is 13.6 Å². The average Bonchev–Trinajstić information content (AvgIpc) is 3.16. The lowest BCUT2D eigenvalue weighted by Crippen LogP contribution is -2.38. The molecule has 0 aliphatic carbocycles. The number of cyclic esters (lactones) is 1. The average molecular weight is 521 g/mol. The fourth-order valence-corrected chi connectivity index (χ4v) is 6.06. The molecule has 11 nitrogen and oxygen atoms in total. The molecule has 1 aliphatic heterocycles. The number of hydrogen-bond acceptors (Lipinski definition) is 9. The molecular weight excluding hydrogens is 487 g/mol. The van der Waals surface area contributed by atoms with E-state index in [1.807, 2.05) is 0 Å². The van der Waals surface area contributed by atoms with Gasteiger partial charge in [-0.3, -0.25) is 4.57 Å². The lowest BCUT2D eigenvalue weighted by Gasteiger charge is -2.17. The molecule has 2 rings (SSSR count). The van der Waals surface area contributed by atoms with E-state index in [2.05, 4.69) is 9.44 Å². The normalized spacial score (nSPS) is 14.3. The molecule has 3 N–H and O–H groups in total. The summed E-state index contributed by atoms with van der Waals surface area (Å²) in [6.07, 6.45) is 1.84. The lowest BCUT2D eigenvalue weighted by atomic mass is 9.95. The number of carbonyl (C=O) groups excluding carboxylic acids is 1. The quantitative estimate of drug-likeness (QED) is 0.191. The zero-order valence-electron chi connectivity index (χ0n) is 20.1. The highest BCUT2D eigenvalue weighted by atomic mass is 32.2. The second-order valence-corrected chi connectivity index (χ2v) is 11.3. The van der Waals surface area contributed by atoms with Gasteiger partial charge in [-0.15, -0.1) is 0 Å². The SMILES string of the molecule is CCOP(=O)(CCNS(=O)(=O)NCC(C)=CCc1c(O)c2c(c(C)c1OC)COC2=O)OCC. The Bertz CT molecular complexity index is 1080. The second kappa shape index (κ2) is 12.1. The van der Waals surface area contributed by atoms with Crippen molar-refractivity contribution in [2.45, 2.75) is 40.7 Å². The smallest absolute Gasteiger partial charge is 0.342 e. The van der Waals surface area contributed by atoms with Crippen LogP contribution in [0.25, 0.3) is 0 Å². The van der Waals surface area contributed by atoms with Gasteiger partial charge in [0.1, 0.15) is 23.7 Å². The Morgan fingerprint density at radius 2 is 1.88 bits per heavy atom. The number of nitrogens with one attached hydrogen (secondary N) is 2. The van der Waals surface area contributed by atoms with Crippen molar-refractivity contribution >= 4 is 23.8 Å². The first kappa shape index (κ1) is 28.3. The molecular formula is C21H33N2O9PS. The third-order valence-electron chi connectivity index (χ3n) is 5.17. The van der Waals surface area contributed by atoms with Crippen LogP contribution in [0, 0.1) is 6.92 Å². The van der Waals surface area contributed by atoms with Crippen molar-refractivity contribution in [2.24, 2.45) is 0 Å². The maximum atomic E-state index is 12.4. The van der Waals surface area contributed by atoms with Gasteiger partial charge in [-0.2, -0.15) is 13.1 Å². The van der Waals surface area contributed by atoms with Crippen LogP contribution in [-0.4, -0.2) is 59.1 Å². The van der Waals surface area contributed by atoms with Gasteiger partial charge in [-0.05, 0) is 39.7 Å². The number of aromatic hydroxyl groups is 1. The fraction of sp³-hybridized carbons (Fsp3) is 0.571. The summed E-state index contributed by atoms with van der Waals surface area (Å²) in [4.78, 5) is 12.0. The second-order valence-electron chi connectivity index (χ2n) is 7.56. The molecule has 0 atom stereocenters. The molecule has 0 saturated heterocycles. The standard InChI is InChI=1S/C21H33N2O9PS/c1-6-31-33(26,32-7-2)11-10-22-34(27,28)23-12-14(3)8-9-16-19(24)18-17(13-30-21(18)25)15(4)20(16)29-5/h8,22-24H,6-7,9-13H2,1-5H3. The number of benzene rings is 1. The van der Waals surface area contributed by atoms with E-state index in [4.69, 9.17) is 18.5 Å². The molecule has 1 aromatic rings. The Morgan fingerprint density at radius 1 is 1.24 bits per heavy atom. The topological polar surface area (TPSA) is 149 Å². The summed E-state index contributed by atoms with van der Waals surface area (Å²) in [7, 11) is -5.74. The van der Waals surface area contributed by atoms with E-state index in [1.165, 1.54) is 7.11 Å². The number of methoxy groups -OCH3 is 1. The monoisotopic (exact) mass is 520 g/mol. The van der Waals surface area contributed by atoms with Crippen molar-refractivity contribution < 1.29 is 41.4 Å². The van der Waals surface area contributed by atoms with Crippen molar-refractivity contribution in [3.8, 4) is 11.5 Å². The lowest BCUT2D eigenvalue weighted by molar-refractivity contribution is 0.0532. The predicted octanol–water partition coefficient (Wildman–Crippen LogP) is 2.56. The number of carbonyl (C=O) groups is 1. The largest absolute Gasteiger partial charge is 0.507 e. The molecule has 0 aromatic heterocycles. The molecule has 0 unspecified atom stereocenters. The molecule has 0 saturated carbocycles. The van der Waals surface area contributed by atoms with Crippen LogP contribution in [0.15, 0.2) is 11.6 Å². The van der Waals surface area contributed by atoms with Crippen molar-refractivity contribution in [1.82, 2.24) is 9.44 Å². The highest BCUT2D eigenvalue weighted by Gasteiger charge is 2.32. The predicted molar refractivity (Wildman–Crippen MR) is 127 cm³/mol. The van der Waals surface area contributed by atoms with Crippen LogP contribution in [0.5, 0.6) is 11.5 Å². The van der Waals surface area contributed by atoms with Crippen molar-refractivity contribution in [1.29, 1.82) is 0 Å². The van der Waals surface area contributed by atoms with Gasteiger partial charge in [0.15, 0.2) is 0 Å². The van der Waals surface area contributed by atoms with E-state index < -0.39 is 23.8 Å². The number of phenolic OH excluding ortho intramolecular Hbond substituents is 1. The highest BCUT2D eigenvalue weighted by Crippen LogP contribution is 2.47. The fourth-order valence-electron chi connectivity index (χ4n) is 3.51. The van der Waals surface area contributed by atoms with E-state index in [1.54, 1.807) is 33.8 Å². The minimum atomic E-state index is -3.86. The third kappa shape index (κ3) is 7.03. The Balaban J connectivity index is 2.01. The molecule has 34 heavy (non-hydrogen) atoms. The van der Waals surface area contributed by atoms with Crippen molar-refractivity contribution in [3.63, 3.8) is 0 Å². The van der Waals surface area contributed by atoms with Crippen molar-refractivity contribution in [2.75, 3.05) is 39.6 Å². The van der Waals surface area contributed by atoms with Crippen LogP contribution in [0.4, 0.5) is 0 Å². The molecule has 0 spiro atoms. The van der Waals surface area contributed by atoms with Crippen LogP contribution in [-0.2, 0) is 41.6 Å². The summed E-state index contributed by atoms with van der Waals surface area (Å²) in [6, 6.07) is 0. The van der Waals surface area contributed by atoms with Gasteiger partial charge in [0.25, 0.3) is 10.2 Å². The van der Waals surface area contributed by atoms with Gasteiger partial charge in [-0.25, -0.2) is 9.52 Å². The van der Waals surface area contributed by atoms with E-state index >= 15 is 0 Å². The molecule has 192 valence electrons. The molecule has 0 radical (unpaired) electrons. The van der Waals surface area contributed by atoms with Gasteiger partial charge in [0.05, 0.1) is 26.5 Å². The molecule has 1 heterocycles. The van der Waals surface area contributed by atoms with Gasteiger partial charge in [0, 0.05) is 24.2 Å². The summed E-state index contributed by atoms with van der Waals surface area (Å²) in [6.45, 7) is 7.21. The molecule has 1 aliphatic rings. The summed E-state index contributed by atoms with van der Waals surface area (Å²) in [5, 5.41) is 10.7. The number of rotatable bonds is 14. The van der Waals surface area contributed by atoms with E-state index in [0.717, 1.165) is 0 Å². The summed E-state index contributed by atoms with van der Waals surface area (Å²) in [5.41, 5.74) is 2.53. The summed E-state index contributed by atoms with van der Waals surface area (Å²) in [5.74, 6) is -0.328. The number of fused-ring (bicyclic) bond motifs is 1.